The maximum Gasteiger partial charge on any atom is 0.329 e. The summed E-state index contributed by atoms with van der Waals surface area (Å²) in [7, 11) is 0. The van der Waals surface area contributed by atoms with Crippen LogP contribution >= 0.6 is 11.8 Å². The fourth-order valence-electron chi connectivity index (χ4n) is 3.83. The molecule has 0 aliphatic carbocycles. The Kier molecular flexibility index (Phi) is 10.1. The van der Waals surface area contributed by atoms with E-state index in [0.29, 0.717) is 0 Å². The van der Waals surface area contributed by atoms with Crippen LogP contribution in [0.15, 0.2) is 78.9 Å². The summed E-state index contributed by atoms with van der Waals surface area (Å²) in [5.74, 6) is -1.43. The molecular weight excluding hydrogens is 490 g/mol. The van der Waals surface area contributed by atoms with Gasteiger partial charge in [-0.2, -0.15) is 0 Å². The minimum absolute atomic E-state index is 0.0646. The molecule has 0 saturated heterocycles. The number of benzene rings is 3. The number of thioether (sulfide) groups is 1. The predicted octanol–water partition coefficient (Wildman–Crippen LogP) is 4.57. The van der Waals surface area contributed by atoms with E-state index in [1.54, 1.807) is 36.4 Å². The van der Waals surface area contributed by atoms with E-state index in [1.165, 1.54) is 19.1 Å². The van der Waals surface area contributed by atoms with E-state index in [1.807, 2.05) is 37.3 Å². The molecule has 0 spiro atoms. The Balaban J connectivity index is 1.80. The van der Waals surface area contributed by atoms with Gasteiger partial charge in [-0.15, -0.1) is 0 Å². The van der Waals surface area contributed by atoms with Crippen molar-refractivity contribution < 1.29 is 29.3 Å². The Morgan fingerprint density at radius 3 is 2.05 bits per heavy atom. The number of amides is 1. The van der Waals surface area contributed by atoms with Crippen molar-refractivity contribution >= 4 is 28.8 Å². The van der Waals surface area contributed by atoms with E-state index in [4.69, 9.17) is 4.74 Å². The smallest absolute Gasteiger partial charge is 0.329 e. The van der Waals surface area contributed by atoms with Crippen LogP contribution in [0.5, 0.6) is 11.5 Å². The summed E-state index contributed by atoms with van der Waals surface area (Å²) in [6.07, 6.45) is 0.166. The monoisotopic (exact) mass is 521 g/mol. The molecule has 3 aromatic rings. The van der Waals surface area contributed by atoms with Gasteiger partial charge in [-0.3, -0.25) is 9.59 Å². The topological polar surface area (TPSA) is 113 Å². The highest BCUT2D eigenvalue weighted by atomic mass is 32.2. The Morgan fingerprint density at radius 2 is 1.46 bits per heavy atom. The third-order valence-corrected chi connectivity index (χ3v) is 6.96. The standard InChI is InChI=1S/C29H31NO6S/c1-19(23-10-14-25(33)15-11-23)26(18-37-20(2)31)28(34)30-27(16-21-8-12-24(32)13-9-21)29(35)36-17-22-6-4-3-5-7-22/h3-15,19,26-27,32-33H,16-18H2,1-2H3,(H,30,34)/t19?,26?,27-/m0/s1. The van der Waals surface area contributed by atoms with Crippen molar-refractivity contribution in [2.45, 2.75) is 38.8 Å². The molecule has 2 unspecified atom stereocenters. The molecule has 3 rings (SSSR count). The quantitative estimate of drug-likeness (QED) is 0.317. The second-order valence-electron chi connectivity index (χ2n) is 8.81. The molecule has 0 heterocycles. The molecule has 0 aliphatic rings. The molecule has 0 aromatic heterocycles. The predicted molar refractivity (Wildman–Crippen MR) is 143 cm³/mol. The number of rotatable bonds is 11. The van der Waals surface area contributed by atoms with Crippen molar-refractivity contribution in [2.75, 3.05) is 5.75 Å². The van der Waals surface area contributed by atoms with Gasteiger partial charge in [-0.1, -0.05) is 73.3 Å². The highest BCUT2D eigenvalue weighted by Crippen LogP contribution is 2.29. The summed E-state index contributed by atoms with van der Waals surface area (Å²) in [5.41, 5.74) is 2.38. The summed E-state index contributed by atoms with van der Waals surface area (Å²) in [6.45, 7) is 3.38. The molecule has 8 heteroatoms. The third-order valence-electron chi connectivity index (χ3n) is 6.03. The van der Waals surface area contributed by atoms with Crippen molar-refractivity contribution in [1.29, 1.82) is 0 Å². The third kappa shape index (κ3) is 8.68. The molecule has 37 heavy (non-hydrogen) atoms. The number of phenols is 2. The van der Waals surface area contributed by atoms with Crippen LogP contribution in [-0.4, -0.2) is 39.0 Å². The number of aromatic hydroxyl groups is 2. The van der Waals surface area contributed by atoms with Gasteiger partial charge in [-0.05, 0) is 46.9 Å². The summed E-state index contributed by atoms with van der Waals surface area (Å²) in [5, 5.41) is 22.0. The number of hydrogen-bond donors (Lipinski definition) is 3. The van der Waals surface area contributed by atoms with Crippen LogP contribution in [0.25, 0.3) is 0 Å². The molecule has 0 aliphatic heterocycles. The highest BCUT2D eigenvalue weighted by molar-refractivity contribution is 8.13. The molecule has 1 amide bonds. The zero-order valence-electron chi connectivity index (χ0n) is 20.8. The Hall–Kier alpha value is -3.78. The van der Waals surface area contributed by atoms with Gasteiger partial charge in [0, 0.05) is 19.1 Å². The number of nitrogens with one attached hydrogen (secondary N) is 1. The molecule has 0 bridgehead atoms. The van der Waals surface area contributed by atoms with Gasteiger partial charge < -0.3 is 20.3 Å². The number of hydrogen-bond acceptors (Lipinski definition) is 7. The van der Waals surface area contributed by atoms with Gasteiger partial charge in [0.05, 0.1) is 5.92 Å². The van der Waals surface area contributed by atoms with Crippen LogP contribution in [0.1, 0.15) is 36.5 Å². The molecule has 0 saturated carbocycles. The van der Waals surface area contributed by atoms with Crippen molar-refractivity contribution in [3.8, 4) is 11.5 Å². The van der Waals surface area contributed by atoms with Gasteiger partial charge >= 0.3 is 5.97 Å². The number of carbonyl (C=O) groups excluding carboxylic acids is 3. The van der Waals surface area contributed by atoms with E-state index in [9.17, 15) is 24.6 Å². The van der Waals surface area contributed by atoms with Gasteiger partial charge in [0.15, 0.2) is 5.12 Å². The molecule has 3 N–H and O–H groups in total. The first-order valence-electron chi connectivity index (χ1n) is 11.9. The summed E-state index contributed by atoms with van der Waals surface area (Å²) in [4.78, 5) is 38.4. The Bertz CT molecular complexity index is 1180. The second-order valence-corrected chi connectivity index (χ2v) is 10.0. The number of phenolic OH excluding ortho intramolecular Hbond substituents is 2. The lowest BCUT2D eigenvalue weighted by Gasteiger charge is -2.26. The fourth-order valence-corrected chi connectivity index (χ4v) is 4.69. The highest BCUT2D eigenvalue weighted by Gasteiger charge is 2.31. The fraction of sp³-hybridized carbons (Fsp3) is 0.276. The lowest BCUT2D eigenvalue weighted by atomic mass is 9.87. The van der Waals surface area contributed by atoms with Crippen molar-refractivity contribution in [2.24, 2.45) is 5.92 Å². The molecule has 7 nitrogen and oxygen atoms in total. The molecule has 0 radical (unpaired) electrons. The van der Waals surface area contributed by atoms with Crippen molar-refractivity contribution in [3.05, 3.63) is 95.6 Å². The molecule has 3 atom stereocenters. The average Bonchev–Trinajstić information content (AvgIpc) is 2.89. The van der Waals surface area contributed by atoms with Crippen LogP contribution in [-0.2, 0) is 32.1 Å². The first kappa shape index (κ1) is 27.8. The van der Waals surface area contributed by atoms with Crippen LogP contribution in [0.4, 0.5) is 0 Å². The van der Waals surface area contributed by atoms with Crippen LogP contribution < -0.4 is 5.32 Å². The van der Waals surface area contributed by atoms with Crippen LogP contribution in [0.3, 0.4) is 0 Å². The SMILES string of the molecule is CC(=O)SCC(C(=O)N[C@@H](Cc1ccc(O)cc1)C(=O)OCc1ccccc1)C(C)c1ccc(O)cc1. The molecule has 194 valence electrons. The van der Waals surface area contributed by atoms with E-state index in [-0.39, 0.29) is 47.2 Å². The first-order chi connectivity index (χ1) is 17.7. The first-order valence-corrected chi connectivity index (χ1v) is 12.9. The Morgan fingerprint density at radius 1 is 0.865 bits per heavy atom. The maximum atomic E-state index is 13.5. The summed E-state index contributed by atoms with van der Waals surface area (Å²) >= 11 is 1.05. The van der Waals surface area contributed by atoms with E-state index in [0.717, 1.165) is 28.5 Å². The summed E-state index contributed by atoms with van der Waals surface area (Å²) in [6, 6.07) is 21.2. The zero-order chi connectivity index (χ0) is 26.8. The lowest BCUT2D eigenvalue weighted by Crippen LogP contribution is -2.47. The number of esters is 1. The molecular formula is C29H31NO6S. The summed E-state index contributed by atoms with van der Waals surface area (Å²) < 4.78 is 5.53. The minimum Gasteiger partial charge on any atom is -0.508 e. The van der Waals surface area contributed by atoms with E-state index < -0.39 is 17.9 Å². The number of carbonyl (C=O) groups is 3. The molecule has 3 aromatic carbocycles. The van der Waals surface area contributed by atoms with Gasteiger partial charge in [0.1, 0.15) is 24.1 Å². The van der Waals surface area contributed by atoms with Crippen LogP contribution in [0.2, 0.25) is 0 Å². The van der Waals surface area contributed by atoms with Gasteiger partial charge in [0.25, 0.3) is 0 Å². The average molecular weight is 522 g/mol. The van der Waals surface area contributed by atoms with Gasteiger partial charge in [0.2, 0.25) is 5.91 Å². The van der Waals surface area contributed by atoms with Crippen molar-refractivity contribution in [3.63, 3.8) is 0 Å². The number of ether oxygens (including phenoxy) is 1. The minimum atomic E-state index is -0.974. The van der Waals surface area contributed by atoms with Gasteiger partial charge in [-0.25, -0.2) is 4.79 Å². The molecule has 0 fully saturated rings. The van der Waals surface area contributed by atoms with E-state index >= 15 is 0 Å². The largest absolute Gasteiger partial charge is 0.508 e. The maximum absolute atomic E-state index is 13.5. The second kappa shape index (κ2) is 13.5. The van der Waals surface area contributed by atoms with Crippen molar-refractivity contribution in [1.82, 2.24) is 5.32 Å². The van der Waals surface area contributed by atoms with Crippen LogP contribution in [0, 0.1) is 5.92 Å². The Labute approximate surface area is 220 Å². The normalized spacial score (nSPS) is 13.2. The lowest BCUT2D eigenvalue weighted by molar-refractivity contribution is -0.149. The van der Waals surface area contributed by atoms with E-state index in [2.05, 4.69) is 5.32 Å². The zero-order valence-corrected chi connectivity index (χ0v) is 21.6.